The number of sulfone groups is 1. The fourth-order valence-corrected chi connectivity index (χ4v) is 4.41. The van der Waals surface area contributed by atoms with E-state index in [4.69, 9.17) is 4.74 Å². The van der Waals surface area contributed by atoms with Gasteiger partial charge in [0, 0.05) is 12.5 Å². The molecule has 1 amide bonds. The van der Waals surface area contributed by atoms with Gasteiger partial charge in [0.25, 0.3) is 0 Å². The Kier molecular flexibility index (Phi) is 4.03. The molecule has 2 unspecified atom stereocenters. The third-order valence-corrected chi connectivity index (χ3v) is 5.63. The SMILES string of the molecule is CC(C)(C)OC(=O)N1CC(O)C(CC2CS(=O)(=O)C2)C1. The normalized spacial score (nSPS) is 30.1. The van der Waals surface area contributed by atoms with Crippen LogP contribution in [0, 0.1) is 11.8 Å². The smallest absolute Gasteiger partial charge is 0.410 e. The van der Waals surface area contributed by atoms with Crippen molar-refractivity contribution in [2.75, 3.05) is 24.6 Å². The first-order valence-electron chi connectivity index (χ1n) is 6.92. The highest BCUT2D eigenvalue weighted by Crippen LogP contribution is 2.30. The predicted octanol–water partition coefficient (Wildman–Crippen LogP) is 0.649. The van der Waals surface area contributed by atoms with Crippen LogP contribution in [0.1, 0.15) is 27.2 Å². The zero-order valence-electron chi connectivity index (χ0n) is 12.2. The van der Waals surface area contributed by atoms with Crippen molar-refractivity contribution >= 4 is 15.9 Å². The second kappa shape index (κ2) is 5.18. The van der Waals surface area contributed by atoms with Crippen LogP contribution in [-0.2, 0) is 14.6 Å². The molecule has 0 aromatic heterocycles. The number of hydrogen-bond acceptors (Lipinski definition) is 5. The summed E-state index contributed by atoms with van der Waals surface area (Å²) in [5.74, 6) is 0.493. The summed E-state index contributed by atoms with van der Waals surface area (Å²) in [6.07, 6.45) is -0.356. The number of rotatable bonds is 2. The topological polar surface area (TPSA) is 83.9 Å². The lowest BCUT2D eigenvalue weighted by molar-refractivity contribution is 0.0269. The van der Waals surface area contributed by atoms with Crippen molar-refractivity contribution in [1.82, 2.24) is 4.90 Å². The summed E-state index contributed by atoms with van der Waals surface area (Å²) in [6, 6.07) is 0. The van der Waals surface area contributed by atoms with E-state index < -0.39 is 27.6 Å². The molecule has 2 fully saturated rings. The number of hydrogen-bond donors (Lipinski definition) is 1. The summed E-state index contributed by atoms with van der Waals surface area (Å²) < 4.78 is 27.5. The first-order chi connectivity index (χ1) is 9.06. The molecule has 2 heterocycles. The molecule has 2 aliphatic rings. The van der Waals surface area contributed by atoms with Crippen molar-refractivity contribution in [1.29, 1.82) is 0 Å². The van der Waals surface area contributed by atoms with Crippen LogP contribution >= 0.6 is 0 Å². The Morgan fingerprint density at radius 2 is 1.90 bits per heavy atom. The molecule has 7 heteroatoms. The molecular formula is C13H23NO5S. The van der Waals surface area contributed by atoms with Gasteiger partial charge in [0.15, 0.2) is 9.84 Å². The highest BCUT2D eigenvalue weighted by Gasteiger charge is 2.41. The quantitative estimate of drug-likeness (QED) is 0.810. The van der Waals surface area contributed by atoms with E-state index in [2.05, 4.69) is 0 Å². The van der Waals surface area contributed by atoms with Crippen molar-refractivity contribution in [3.8, 4) is 0 Å². The minimum atomic E-state index is -2.83. The van der Waals surface area contributed by atoms with E-state index >= 15 is 0 Å². The first-order valence-corrected chi connectivity index (χ1v) is 8.74. The summed E-state index contributed by atoms with van der Waals surface area (Å²) in [6.45, 7) is 6.10. The Morgan fingerprint density at radius 1 is 1.30 bits per heavy atom. The molecular weight excluding hydrogens is 282 g/mol. The standard InChI is InChI=1S/C13H23NO5S/c1-13(2,3)19-12(16)14-5-10(11(15)6-14)4-9-7-20(17,18)8-9/h9-11,15H,4-8H2,1-3H3. The Labute approximate surface area is 120 Å². The van der Waals surface area contributed by atoms with Crippen molar-refractivity contribution < 1.29 is 23.1 Å². The van der Waals surface area contributed by atoms with Gasteiger partial charge < -0.3 is 14.7 Å². The number of amides is 1. The summed E-state index contributed by atoms with van der Waals surface area (Å²) >= 11 is 0. The predicted molar refractivity (Wildman–Crippen MR) is 74.1 cm³/mol. The third-order valence-electron chi connectivity index (χ3n) is 3.67. The van der Waals surface area contributed by atoms with Gasteiger partial charge in [-0.2, -0.15) is 0 Å². The third kappa shape index (κ3) is 3.85. The highest BCUT2D eigenvalue weighted by molar-refractivity contribution is 7.92. The van der Waals surface area contributed by atoms with Crippen LogP contribution in [0.2, 0.25) is 0 Å². The number of β-amino-alcohol motifs (C(OH)–C–C–N with tert-alkyl or cyclic N) is 1. The molecule has 0 aromatic carbocycles. The minimum absolute atomic E-state index is 0.0528. The maximum atomic E-state index is 11.9. The summed E-state index contributed by atoms with van der Waals surface area (Å²) in [5.41, 5.74) is -0.553. The van der Waals surface area contributed by atoms with E-state index in [1.165, 1.54) is 4.90 Å². The molecule has 0 radical (unpaired) electrons. The van der Waals surface area contributed by atoms with E-state index in [1.54, 1.807) is 20.8 Å². The molecule has 0 saturated carbocycles. The summed E-state index contributed by atoms with van der Waals surface area (Å²) in [4.78, 5) is 13.4. The summed E-state index contributed by atoms with van der Waals surface area (Å²) in [7, 11) is -2.83. The molecule has 0 aromatic rings. The molecule has 0 bridgehead atoms. The number of likely N-dealkylation sites (tertiary alicyclic amines) is 1. The van der Waals surface area contributed by atoms with Crippen molar-refractivity contribution in [2.45, 2.75) is 38.9 Å². The average Bonchev–Trinajstić information content (AvgIpc) is 2.55. The lowest BCUT2D eigenvalue weighted by Gasteiger charge is -2.29. The Balaban J connectivity index is 1.84. The van der Waals surface area contributed by atoms with E-state index in [1.807, 2.05) is 0 Å². The largest absolute Gasteiger partial charge is 0.444 e. The molecule has 0 spiro atoms. The number of nitrogens with zero attached hydrogens (tertiary/aromatic N) is 1. The number of aliphatic hydroxyl groups excluding tert-OH is 1. The molecule has 1 N–H and O–H groups in total. The van der Waals surface area contributed by atoms with E-state index in [9.17, 15) is 18.3 Å². The van der Waals surface area contributed by atoms with Gasteiger partial charge in [0.05, 0.1) is 24.2 Å². The number of carbonyl (C=O) groups is 1. The van der Waals surface area contributed by atoms with Gasteiger partial charge in [0.1, 0.15) is 5.60 Å². The molecule has 6 nitrogen and oxygen atoms in total. The van der Waals surface area contributed by atoms with Gasteiger partial charge in [-0.05, 0) is 33.1 Å². The number of ether oxygens (including phenoxy) is 1. The minimum Gasteiger partial charge on any atom is -0.444 e. The number of aliphatic hydroxyl groups is 1. The van der Waals surface area contributed by atoms with E-state index in [0.717, 1.165) is 0 Å². The van der Waals surface area contributed by atoms with Crippen LogP contribution in [0.4, 0.5) is 4.79 Å². The summed E-state index contributed by atoms with van der Waals surface area (Å²) in [5, 5.41) is 10.0. The van der Waals surface area contributed by atoms with Crippen LogP contribution in [0.5, 0.6) is 0 Å². The van der Waals surface area contributed by atoms with Crippen LogP contribution in [0.3, 0.4) is 0 Å². The molecule has 20 heavy (non-hydrogen) atoms. The zero-order chi connectivity index (χ0) is 15.1. The van der Waals surface area contributed by atoms with Gasteiger partial charge >= 0.3 is 6.09 Å². The second-order valence-electron chi connectivity index (χ2n) is 6.89. The van der Waals surface area contributed by atoms with Crippen LogP contribution < -0.4 is 0 Å². The zero-order valence-corrected chi connectivity index (χ0v) is 13.0. The average molecular weight is 305 g/mol. The van der Waals surface area contributed by atoms with Crippen molar-refractivity contribution in [2.24, 2.45) is 11.8 Å². The monoisotopic (exact) mass is 305 g/mol. The van der Waals surface area contributed by atoms with Gasteiger partial charge in [-0.3, -0.25) is 0 Å². The Morgan fingerprint density at radius 3 is 2.40 bits per heavy atom. The van der Waals surface area contributed by atoms with Crippen LogP contribution in [-0.4, -0.2) is 60.8 Å². The number of carbonyl (C=O) groups excluding carboxylic acids is 1. The van der Waals surface area contributed by atoms with Crippen LogP contribution in [0.25, 0.3) is 0 Å². The van der Waals surface area contributed by atoms with Gasteiger partial charge in [-0.15, -0.1) is 0 Å². The fourth-order valence-electron chi connectivity index (χ4n) is 2.79. The van der Waals surface area contributed by atoms with Gasteiger partial charge in [0.2, 0.25) is 0 Å². The molecule has 2 rings (SSSR count). The van der Waals surface area contributed by atoms with E-state index in [-0.39, 0.29) is 29.9 Å². The molecule has 116 valence electrons. The van der Waals surface area contributed by atoms with Gasteiger partial charge in [-0.25, -0.2) is 13.2 Å². The fraction of sp³-hybridized carbons (Fsp3) is 0.923. The van der Waals surface area contributed by atoms with Crippen LogP contribution in [0.15, 0.2) is 0 Å². The van der Waals surface area contributed by atoms with Crippen molar-refractivity contribution in [3.63, 3.8) is 0 Å². The molecule has 2 atom stereocenters. The first kappa shape index (κ1) is 15.6. The molecule has 2 saturated heterocycles. The molecule has 2 aliphatic heterocycles. The maximum Gasteiger partial charge on any atom is 0.410 e. The highest BCUT2D eigenvalue weighted by atomic mass is 32.2. The molecule has 0 aliphatic carbocycles. The van der Waals surface area contributed by atoms with Crippen molar-refractivity contribution in [3.05, 3.63) is 0 Å². The maximum absolute atomic E-state index is 11.9. The lowest BCUT2D eigenvalue weighted by atomic mass is 9.94. The van der Waals surface area contributed by atoms with Gasteiger partial charge in [-0.1, -0.05) is 0 Å². The second-order valence-corrected chi connectivity index (χ2v) is 9.05. The van der Waals surface area contributed by atoms with E-state index in [0.29, 0.717) is 13.0 Å². The lowest BCUT2D eigenvalue weighted by Crippen LogP contribution is -2.39. The Hall–Kier alpha value is -0.820. The Bertz CT molecular complexity index is 469.